The molecule has 42 heavy (non-hydrogen) atoms. The van der Waals surface area contributed by atoms with E-state index in [0.717, 1.165) is 33.6 Å². The summed E-state index contributed by atoms with van der Waals surface area (Å²) < 4.78 is 8.56. The van der Waals surface area contributed by atoms with Crippen LogP contribution in [-0.2, 0) is 9.53 Å². The van der Waals surface area contributed by atoms with E-state index in [4.69, 9.17) is 9.72 Å². The van der Waals surface area contributed by atoms with E-state index in [0.29, 0.717) is 32.1 Å². The monoisotopic (exact) mass is 558 g/mol. The lowest BCUT2D eigenvalue weighted by Gasteiger charge is -2.41. The van der Waals surface area contributed by atoms with Gasteiger partial charge in [0.1, 0.15) is 5.82 Å². The number of hydrogen-bond acceptors (Lipinski definition) is 5. The number of carbonyl (C=O) groups excluding carboxylic acids is 1. The van der Waals surface area contributed by atoms with Gasteiger partial charge in [0.2, 0.25) is 5.91 Å². The third-order valence-electron chi connectivity index (χ3n) is 9.16. The molecule has 1 saturated heterocycles. The summed E-state index contributed by atoms with van der Waals surface area (Å²) in [6.07, 6.45) is 3.24. The Morgan fingerprint density at radius 2 is 1.79 bits per heavy atom. The van der Waals surface area contributed by atoms with E-state index in [9.17, 15) is 9.59 Å². The van der Waals surface area contributed by atoms with Crippen molar-refractivity contribution in [1.82, 2.24) is 14.5 Å². The van der Waals surface area contributed by atoms with Crippen LogP contribution in [-0.4, -0.2) is 52.6 Å². The molecule has 212 valence electrons. The van der Waals surface area contributed by atoms with Crippen molar-refractivity contribution in [2.24, 2.45) is 5.92 Å². The number of hydrogen-bond donors (Lipinski definition) is 0. The first kappa shape index (κ1) is 26.4. The van der Waals surface area contributed by atoms with Gasteiger partial charge in [-0.1, -0.05) is 68.1 Å². The number of benzene rings is 3. The van der Waals surface area contributed by atoms with Crippen LogP contribution in [0.5, 0.6) is 0 Å². The van der Waals surface area contributed by atoms with Crippen molar-refractivity contribution in [3.05, 3.63) is 112 Å². The number of anilines is 1. The Bertz CT molecular complexity index is 1850. The summed E-state index contributed by atoms with van der Waals surface area (Å²) >= 11 is 0. The average Bonchev–Trinajstić information content (AvgIpc) is 3.16. The normalized spacial score (nSPS) is 21.3. The van der Waals surface area contributed by atoms with Crippen LogP contribution >= 0.6 is 0 Å². The molecule has 0 radical (unpaired) electrons. The van der Waals surface area contributed by atoms with Crippen LogP contribution in [0.25, 0.3) is 28.1 Å². The van der Waals surface area contributed by atoms with Crippen molar-refractivity contribution >= 4 is 34.1 Å². The minimum Gasteiger partial charge on any atom is -0.370 e. The summed E-state index contributed by atoms with van der Waals surface area (Å²) in [5.41, 5.74) is 6.74. The molecule has 3 atom stereocenters. The summed E-state index contributed by atoms with van der Waals surface area (Å²) in [5, 5.41) is 2.40. The Balaban J connectivity index is 1.49. The molecular formula is C35H34N4O3. The molecule has 1 aromatic heterocycles. The maximum atomic E-state index is 14.0. The van der Waals surface area contributed by atoms with E-state index in [1.807, 2.05) is 31.2 Å². The summed E-state index contributed by atoms with van der Waals surface area (Å²) in [4.78, 5) is 35.3. The molecular weight excluding hydrogens is 524 g/mol. The predicted octanol–water partition coefficient (Wildman–Crippen LogP) is 5.47. The van der Waals surface area contributed by atoms with Crippen molar-refractivity contribution in [3.8, 4) is 5.69 Å². The minimum absolute atomic E-state index is 0.00154. The highest BCUT2D eigenvalue weighted by molar-refractivity contribution is 6.01. The summed E-state index contributed by atoms with van der Waals surface area (Å²) in [6.45, 7) is 12.1. The lowest BCUT2D eigenvalue weighted by molar-refractivity contribution is -0.127. The Morgan fingerprint density at radius 1 is 1.02 bits per heavy atom. The van der Waals surface area contributed by atoms with Crippen LogP contribution in [0, 0.1) is 19.8 Å². The van der Waals surface area contributed by atoms with Crippen molar-refractivity contribution in [2.45, 2.75) is 32.9 Å². The average molecular weight is 559 g/mol. The quantitative estimate of drug-likeness (QED) is 0.312. The highest BCUT2D eigenvalue weighted by atomic mass is 16.5. The third kappa shape index (κ3) is 4.02. The van der Waals surface area contributed by atoms with Gasteiger partial charge >= 0.3 is 5.69 Å². The van der Waals surface area contributed by atoms with Crippen LogP contribution in [0.1, 0.15) is 41.0 Å². The molecule has 7 rings (SSSR count). The maximum Gasteiger partial charge on any atom is 0.354 e. The Hall–Kier alpha value is -4.49. The first-order valence-corrected chi connectivity index (χ1v) is 14.6. The van der Waals surface area contributed by atoms with Crippen molar-refractivity contribution in [2.75, 3.05) is 31.1 Å². The Labute approximate surface area is 245 Å². The lowest BCUT2D eigenvalue weighted by Crippen LogP contribution is -2.56. The molecule has 1 amide bonds. The topological polar surface area (TPSA) is 67.7 Å². The van der Waals surface area contributed by atoms with Crippen LogP contribution in [0.2, 0.25) is 0 Å². The van der Waals surface area contributed by atoms with Crippen molar-refractivity contribution in [1.29, 1.82) is 0 Å². The molecule has 2 aliphatic heterocycles. The third-order valence-corrected chi connectivity index (χ3v) is 9.16. The molecule has 7 nitrogen and oxygen atoms in total. The molecule has 3 aromatic carbocycles. The van der Waals surface area contributed by atoms with Crippen LogP contribution in [0.15, 0.2) is 78.1 Å². The number of carbonyl (C=O) groups is 1. The van der Waals surface area contributed by atoms with Gasteiger partial charge in [0.25, 0.3) is 0 Å². The van der Waals surface area contributed by atoms with E-state index in [-0.39, 0.29) is 29.7 Å². The largest absolute Gasteiger partial charge is 0.370 e. The molecule has 3 aliphatic rings. The molecule has 1 aliphatic carbocycles. The molecule has 1 fully saturated rings. The van der Waals surface area contributed by atoms with Gasteiger partial charge in [0.15, 0.2) is 0 Å². The number of aryl methyl sites for hydroxylation is 2. The van der Waals surface area contributed by atoms with Crippen LogP contribution < -0.4 is 10.6 Å². The lowest BCUT2D eigenvalue weighted by atomic mass is 9.79. The van der Waals surface area contributed by atoms with Crippen molar-refractivity contribution < 1.29 is 9.53 Å². The number of aromatic nitrogens is 2. The zero-order chi connectivity index (χ0) is 29.1. The van der Waals surface area contributed by atoms with E-state index in [1.54, 1.807) is 9.47 Å². The SMILES string of the molecule is C=CC(=O)N1CCN2c3nc(=O)n(-c4ccccc4C)c4c3C(OCC2C1)C(C)C(c1cccc2cccc(C)c12)=C4. The second-order valence-corrected chi connectivity index (χ2v) is 11.6. The maximum absolute atomic E-state index is 14.0. The first-order valence-electron chi connectivity index (χ1n) is 14.6. The molecule has 3 heterocycles. The van der Waals surface area contributed by atoms with E-state index >= 15 is 0 Å². The van der Waals surface area contributed by atoms with Crippen LogP contribution in [0.3, 0.4) is 0 Å². The Morgan fingerprint density at radius 3 is 2.57 bits per heavy atom. The molecule has 0 N–H and O–H groups in total. The Kier molecular flexibility index (Phi) is 6.35. The van der Waals surface area contributed by atoms with Gasteiger partial charge in [-0.25, -0.2) is 4.79 Å². The van der Waals surface area contributed by atoms with Gasteiger partial charge in [0, 0.05) is 31.1 Å². The second-order valence-electron chi connectivity index (χ2n) is 11.6. The predicted molar refractivity (Wildman–Crippen MR) is 167 cm³/mol. The van der Waals surface area contributed by atoms with Gasteiger partial charge in [-0.2, -0.15) is 4.98 Å². The fraction of sp³-hybridized carbons (Fsp3) is 0.286. The zero-order valence-corrected chi connectivity index (χ0v) is 24.2. The zero-order valence-electron chi connectivity index (χ0n) is 24.2. The smallest absolute Gasteiger partial charge is 0.354 e. The van der Waals surface area contributed by atoms with Gasteiger partial charge in [0.05, 0.1) is 30.1 Å². The minimum atomic E-state index is -0.318. The molecule has 3 unspecified atom stereocenters. The molecule has 7 heteroatoms. The number of ether oxygens (including phenoxy) is 1. The standard InChI is InChI=1S/C35H34N4O3/c1-5-30(40)37-16-17-38-25(19-37)20-42-33-23(4)27(26-14-9-13-24-12-8-11-22(3)31(24)26)18-29-32(33)34(38)36-35(41)39(29)28-15-7-6-10-21(28)2/h5-15,18,23,25,33H,1,16-17,19-20H2,2-4H3. The van der Waals surface area contributed by atoms with Gasteiger partial charge < -0.3 is 14.5 Å². The molecule has 0 saturated carbocycles. The number of piperazine rings is 1. The highest BCUT2D eigenvalue weighted by Crippen LogP contribution is 2.49. The second kappa shape index (κ2) is 10.1. The summed E-state index contributed by atoms with van der Waals surface area (Å²) in [6, 6.07) is 20.6. The summed E-state index contributed by atoms with van der Waals surface area (Å²) in [7, 11) is 0. The first-order chi connectivity index (χ1) is 20.4. The van der Waals surface area contributed by atoms with E-state index in [2.05, 4.69) is 67.8 Å². The number of amides is 1. The number of rotatable bonds is 3. The molecule has 0 bridgehead atoms. The summed E-state index contributed by atoms with van der Waals surface area (Å²) in [5.74, 6) is 0.583. The van der Waals surface area contributed by atoms with Crippen molar-refractivity contribution in [3.63, 3.8) is 0 Å². The fourth-order valence-corrected chi connectivity index (χ4v) is 7.05. The van der Waals surface area contributed by atoms with E-state index in [1.165, 1.54) is 22.4 Å². The van der Waals surface area contributed by atoms with Gasteiger partial charge in [-0.15, -0.1) is 0 Å². The van der Waals surface area contributed by atoms with E-state index < -0.39 is 0 Å². The number of nitrogens with zero attached hydrogens (tertiary/aromatic N) is 4. The number of para-hydroxylation sites is 1. The number of fused-ring (bicyclic) bond motifs is 3. The van der Waals surface area contributed by atoms with Crippen LogP contribution in [0.4, 0.5) is 5.82 Å². The highest BCUT2D eigenvalue weighted by Gasteiger charge is 2.42. The molecule has 0 spiro atoms. The van der Waals surface area contributed by atoms with Gasteiger partial charge in [-0.3, -0.25) is 9.36 Å². The van der Waals surface area contributed by atoms with Gasteiger partial charge in [-0.05, 0) is 65.1 Å². The fourth-order valence-electron chi connectivity index (χ4n) is 7.05. The molecule has 4 aromatic rings.